The lowest BCUT2D eigenvalue weighted by molar-refractivity contribution is -0.0182. The molecule has 0 unspecified atom stereocenters. The summed E-state index contributed by atoms with van der Waals surface area (Å²) in [6.45, 7) is 0. The maximum absolute atomic E-state index is 11.2. The Balaban J connectivity index is 1.66. The van der Waals surface area contributed by atoms with Crippen molar-refractivity contribution < 1.29 is 9.84 Å². The van der Waals surface area contributed by atoms with E-state index in [9.17, 15) is 5.11 Å². The maximum Gasteiger partial charge on any atom is 0.157 e. The standard InChI is InChI=1S/C19H18O2S/c20-18(13-10-16-9-6-14-22-16)11-4-5-12-19(18)17(21-19)15-7-2-1-3-8-15/h1-3,6-9,14,17,20H,4-5,11-12H2/t17-,18-,19+/m0/s1. The third kappa shape index (κ3) is 2.19. The smallest absolute Gasteiger partial charge is 0.157 e. The predicted molar refractivity (Wildman–Crippen MR) is 87.6 cm³/mol. The molecule has 2 aliphatic rings. The molecule has 4 rings (SSSR count). The van der Waals surface area contributed by atoms with Crippen LogP contribution in [0.15, 0.2) is 47.8 Å². The Morgan fingerprint density at radius 3 is 2.68 bits per heavy atom. The van der Waals surface area contributed by atoms with Gasteiger partial charge in [0.25, 0.3) is 0 Å². The van der Waals surface area contributed by atoms with Crippen molar-refractivity contribution in [1.82, 2.24) is 0 Å². The Morgan fingerprint density at radius 2 is 1.91 bits per heavy atom. The van der Waals surface area contributed by atoms with Crippen LogP contribution in [-0.2, 0) is 4.74 Å². The van der Waals surface area contributed by atoms with Gasteiger partial charge in [-0.15, -0.1) is 11.3 Å². The first-order valence-corrected chi connectivity index (χ1v) is 8.63. The minimum absolute atomic E-state index is 0.0309. The third-order valence-electron chi connectivity index (χ3n) is 4.75. The zero-order valence-corrected chi connectivity index (χ0v) is 13.1. The topological polar surface area (TPSA) is 32.8 Å². The van der Waals surface area contributed by atoms with E-state index < -0.39 is 11.2 Å². The Morgan fingerprint density at radius 1 is 1.09 bits per heavy atom. The van der Waals surface area contributed by atoms with Crippen LogP contribution in [0.25, 0.3) is 0 Å². The van der Waals surface area contributed by atoms with Crippen LogP contribution in [0.2, 0.25) is 0 Å². The fourth-order valence-electron chi connectivity index (χ4n) is 3.52. The van der Waals surface area contributed by atoms with E-state index in [-0.39, 0.29) is 6.10 Å². The van der Waals surface area contributed by atoms with Gasteiger partial charge in [-0.05, 0) is 36.3 Å². The van der Waals surface area contributed by atoms with Gasteiger partial charge in [-0.1, -0.05) is 54.7 Å². The van der Waals surface area contributed by atoms with Crippen molar-refractivity contribution in [2.75, 3.05) is 0 Å². The third-order valence-corrected chi connectivity index (χ3v) is 5.53. The van der Waals surface area contributed by atoms with Crippen LogP contribution in [0, 0.1) is 11.8 Å². The van der Waals surface area contributed by atoms with Gasteiger partial charge in [-0.2, -0.15) is 0 Å². The summed E-state index contributed by atoms with van der Waals surface area (Å²) >= 11 is 1.60. The molecule has 3 atom stereocenters. The zero-order valence-electron chi connectivity index (χ0n) is 12.3. The largest absolute Gasteiger partial charge is 0.374 e. The van der Waals surface area contributed by atoms with E-state index in [0.29, 0.717) is 6.42 Å². The second-order valence-corrected chi connectivity index (χ2v) is 7.04. The molecular weight excluding hydrogens is 292 g/mol. The monoisotopic (exact) mass is 310 g/mol. The van der Waals surface area contributed by atoms with Crippen molar-refractivity contribution in [1.29, 1.82) is 0 Å². The SMILES string of the molecule is O[C@]1(C#Cc2cccs2)CCCC[C@]12O[C@H]2c1ccccc1. The van der Waals surface area contributed by atoms with Crippen molar-refractivity contribution in [3.05, 3.63) is 58.3 Å². The quantitative estimate of drug-likeness (QED) is 0.640. The molecule has 1 spiro atoms. The minimum Gasteiger partial charge on any atom is -0.374 e. The van der Waals surface area contributed by atoms with E-state index in [1.165, 1.54) is 0 Å². The minimum atomic E-state index is -1.05. The molecule has 1 aromatic carbocycles. The average molecular weight is 310 g/mol. The molecule has 1 aromatic heterocycles. The molecule has 0 bridgehead atoms. The van der Waals surface area contributed by atoms with Gasteiger partial charge >= 0.3 is 0 Å². The Labute approximate surface area is 134 Å². The average Bonchev–Trinajstić information content (AvgIpc) is 3.04. The summed E-state index contributed by atoms with van der Waals surface area (Å²) in [5, 5.41) is 13.2. The summed E-state index contributed by atoms with van der Waals surface area (Å²) in [6.07, 6.45) is 3.63. The number of hydrogen-bond donors (Lipinski definition) is 1. The molecule has 0 radical (unpaired) electrons. The summed E-state index contributed by atoms with van der Waals surface area (Å²) in [5.74, 6) is 6.28. The number of benzene rings is 1. The maximum atomic E-state index is 11.2. The lowest BCUT2D eigenvalue weighted by Gasteiger charge is -2.34. The highest BCUT2D eigenvalue weighted by atomic mass is 32.1. The molecule has 1 aliphatic carbocycles. The molecule has 112 valence electrons. The second kappa shape index (κ2) is 5.24. The highest BCUT2D eigenvalue weighted by molar-refractivity contribution is 7.10. The predicted octanol–water partition coefficient (Wildman–Crippen LogP) is 3.92. The molecule has 1 saturated heterocycles. The number of epoxide rings is 1. The molecular formula is C19H18O2S. The van der Waals surface area contributed by atoms with Gasteiger partial charge in [0.2, 0.25) is 0 Å². The molecule has 2 fully saturated rings. The van der Waals surface area contributed by atoms with Crippen LogP contribution >= 0.6 is 11.3 Å². The van der Waals surface area contributed by atoms with E-state index in [2.05, 4.69) is 24.0 Å². The molecule has 3 heteroatoms. The Bertz CT molecular complexity index is 713. The Kier molecular flexibility index (Phi) is 3.34. The summed E-state index contributed by atoms with van der Waals surface area (Å²) in [6, 6.07) is 14.1. The van der Waals surface area contributed by atoms with Crippen LogP contribution in [0.3, 0.4) is 0 Å². The van der Waals surface area contributed by atoms with Gasteiger partial charge in [0, 0.05) is 0 Å². The van der Waals surface area contributed by atoms with Gasteiger partial charge in [0.05, 0.1) is 4.88 Å². The molecule has 1 saturated carbocycles. The number of thiophene rings is 1. The highest BCUT2D eigenvalue weighted by Gasteiger charge is 2.69. The Hall–Kier alpha value is -1.60. The van der Waals surface area contributed by atoms with Gasteiger partial charge in [-0.3, -0.25) is 0 Å². The van der Waals surface area contributed by atoms with Crippen molar-refractivity contribution >= 4 is 11.3 Å². The van der Waals surface area contributed by atoms with E-state index in [4.69, 9.17) is 4.74 Å². The molecule has 22 heavy (non-hydrogen) atoms. The van der Waals surface area contributed by atoms with Gasteiger partial charge in [0.15, 0.2) is 5.60 Å². The first-order valence-electron chi connectivity index (χ1n) is 7.75. The zero-order chi connectivity index (χ0) is 15.0. The molecule has 0 amide bonds. The van der Waals surface area contributed by atoms with Crippen LogP contribution in [0.4, 0.5) is 0 Å². The number of rotatable bonds is 1. The molecule has 2 aromatic rings. The molecule has 1 aliphatic heterocycles. The van der Waals surface area contributed by atoms with E-state index in [1.807, 2.05) is 35.7 Å². The van der Waals surface area contributed by atoms with Crippen LogP contribution in [-0.4, -0.2) is 16.3 Å². The summed E-state index contributed by atoms with van der Waals surface area (Å²) in [7, 11) is 0. The first-order chi connectivity index (χ1) is 10.7. The van der Waals surface area contributed by atoms with Crippen LogP contribution < -0.4 is 0 Å². The highest BCUT2D eigenvalue weighted by Crippen LogP contribution is 2.61. The van der Waals surface area contributed by atoms with Crippen LogP contribution in [0.5, 0.6) is 0 Å². The summed E-state index contributed by atoms with van der Waals surface area (Å²) < 4.78 is 6.07. The van der Waals surface area contributed by atoms with Crippen molar-refractivity contribution in [3.63, 3.8) is 0 Å². The number of ether oxygens (including phenoxy) is 1. The lowest BCUT2D eigenvalue weighted by atomic mass is 9.72. The number of aliphatic hydroxyl groups is 1. The normalized spacial score (nSPS) is 33.2. The van der Waals surface area contributed by atoms with E-state index in [1.54, 1.807) is 11.3 Å². The molecule has 1 N–H and O–H groups in total. The summed E-state index contributed by atoms with van der Waals surface area (Å²) in [4.78, 5) is 0.992. The van der Waals surface area contributed by atoms with Crippen molar-refractivity contribution in [2.45, 2.75) is 43.0 Å². The van der Waals surface area contributed by atoms with Gasteiger partial charge in [0.1, 0.15) is 11.7 Å². The second-order valence-electron chi connectivity index (χ2n) is 6.09. The van der Waals surface area contributed by atoms with Crippen molar-refractivity contribution in [3.8, 4) is 11.8 Å². The fourth-order valence-corrected chi connectivity index (χ4v) is 4.09. The number of hydrogen-bond acceptors (Lipinski definition) is 3. The van der Waals surface area contributed by atoms with Crippen molar-refractivity contribution in [2.24, 2.45) is 0 Å². The van der Waals surface area contributed by atoms with Gasteiger partial charge in [-0.25, -0.2) is 0 Å². The van der Waals surface area contributed by atoms with E-state index in [0.717, 1.165) is 29.7 Å². The fraction of sp³-hybridized carbons (Fsp3) is 0.368. The van der Waals surface area contributed by atoms with E-state index >= 15 is 0 Å². The lowest BCUT2D eigenvalue weighted by Crippen LogP contribution is -2.47. The first kappa shape index (κ1) is 14.0. The molecule has 2 heterocycles. The molecule has 2 nitrogen and oxygen atoms in total. The summed E-state index contributed by atoms with van der Waals surface area (Å²) in [5.41, 5.74) is -0.423. The van der Waals surface area contributed by atoms with Gasteiger partial charge < -0.3 is 9.84 Å². The van der Waals surface area contributed by atoms with Crippen LogP contribution in [0.1, 0.15) is 42.2 Å².